The van der Waals surface area contributed by atoms with Gasteiger partial charge in [0.1, 0.15) is 0 Å². The standard InChI is InChI=1S/C15H16O4/c1-9-11(10-7-5-4-6-8-10)14(18-2)13(17)15(19-3)12(9)16/h4-8,16-17H,1-3H3. The van der Waals surface area contributed by atoms with Crippen molar-refractivity contribution in [1.29, 1.82) is 0 Å². The Morgan fingerprint density at radius 3 is 1.95 bits per heavy atom. The van der Waals surface area contributed by atoms with E-state index in [0.29, 0.717) is 16.9 Å². The van der Waals surface area contributed by atoms with Crippen molar-refractivity contribution in [1.82, 2.24) is 0 Å². The van der Waals surface area contributed by atoms with Crippen molar-refractivity contribution in [2.24, 2.45) is 0 Å². The Hall–Kier alpha value is -2.36. The smallest absolute Gasteiger partial charge is 0.207 e. The van der Waals surface area contributed by atoms with Crippen LogP contribution in [-0.2, 0) is 0 Å². The number of aromatic hydroxyl groups is 2. The van der Waals surface area contributed by atoms with Crippen LogP contribution in [0.15, 0.2) is 30.3 Å². The average Bonchev–Trinajstić information content (AvgIpc) is 2.44. The molecule has 0 heterocycles. The average molecular weight is 260 g/mol. The summed E-state index contributed by atoms with van der Waals surface area (Å²) in [4.78, 5) is 0. The lowest BCUT2D eigenvalue weighted by atomic mass is 9.97. The zero-order valence-electron chi connectivity index (χ0n) is 11.1. The lowest BCUT2D eigenvalue weighted by molar-refractivity contribution is 0.322. The van der Waals surface area contributed by atoms with Gasteiger partial charge in [-0.3, -0.25) is 0 Å². The van der Waals surface area contributed by atoms with E-state index in [1.54, 1.807) is 6.92 Å². The summed E-state index contributed by atoms with van der Waals surface area (Å²) in [5.41, 5.74) is 2.10. The minimum Gasteiger partial charge on any atom is -0.504 e. The van der Waals surface area contributed by atoms with Crippen molar-refractivity contribution >= 4 is 0 Å². The Morgan fingerprint density at radius 1 is 0.842 bits per heavy atom. The van der Waals surface area contributed by atoms with Gasteiger partial charge in [-0.15, -0.1) is 0 Å². The van der Waals surface area contributed by atoms with Crippen LogP contribution in [0, 0.1) is 6.92 Å². The molecule has 0 aromatic heterocycles. The van der Waals surface area contributed by atoms with E-state index in [1.165, 1.54) is 14.2 Å². The fourth-order valence-electron chi connectivity index (χ4n) is 2.14. The normalized spacial score (nSPS) is 10.3. The highest BCUT2D eigenvalue weighted by atomic mass is 16.5. The summed E-state index contributed by atoms with van der Waals surface area (Å²) in [7, 11) is 2.85. The highest BCUT2D eigenvalue weighted by Crippen LogP contribution is 2.51. The maximum atomic E-state index is 10.1. The zero-order valence-corrected chi connectivity index (χ0v) is 11.1. The minimum atomic E-state index is -0.202. The van der Waals surface area contributed by atoms with Gasteiger partial charge in [-0.1, -0.05) is 30.3 Å². The van der Waals surface area contributed by atoms with E-state index in [9.17, 15) is 10.2 Å². The van der Waals surface area contributed by atoms with Gasteiger partial charge in [-0.05, 0) is 12.5 Å². The van der Waals surface area contributed by atoms with E-state index in [-0.39, 0.29) is 17.2 Å². The van der Waals surface area contributed by atoms with Crippen molar-refractivity contribution in [3.8, 4) is 34.1 Å². The first kappa shape index (κ1) is 13.1. The fraction of sp³-hybridized carbons (Fsp3) is 0.200. The third-order valence-electron chi connectivity index (χ3n) is 3.07. The lowest BCUT2D eigenvalue weighted by Crippen LogP contribution is -1.96. The molecule has 0 unspecified atom stereocenters. The molecule has 0 aliphatic carbocycles. The molecule has 0 radical (unpaired) electrons. The number of hydrogen-bond donors (Lipinski definition) is 2. The minimum absolute atomic E-state index is 0.0223. The molecule has 2 rings (SSSR count). The van der Waals surface area contributed by atoms with Crippen LogP contribution in [0.2, 0.25) is 0 Å². The molecule has 0 aliphatic heterocycles. The van der Waals surface area contributed by atoms with Crippen molar-refractivity contribution < 1.29 is 19.7 Å². The number of rotatable bonds is 3. The van der Waals surface area contributed by atoms with Gasteiger partial charge in [0.05, 0.1) is 14.2 Å². The first-order valence-electron chi connectivity index (χ1n) is 5.83. The number of ether oxygens (including phenoxy) is 2. The van der Waals surface area contributed by atoms with Gasteiger partial charge in [0.25, 0.3) is 0 Å². The molecule has 100 valence electrons. The predicted molar refractivity (Wildman–Crippen MR) is 73.0 cm³/mol. The second kappa shape index (κ2) is 5.10. The van der Waals surface area contributed by atoms with E-state index in [4.69, 9.17) is 9.47 Å². The monoisotopic (exact) mass is 260 g/mol. The molecule has 0 saturated carbocycles. The van der Waals surface area contributed by atoms with Crippen LogP contribution in [-0.4, -0.2) is 24.4 Å². The summed E-state index contributed by atoms with van der Waals surface area (Å²) in [6, 6.07) is 9.43. The van der Waals surface area contributed by atoms with Crippen molar-refractivity contribution in [2.45, 2.75) is 6.92 Å². The molecule has 2 N–H and O–H groups in total. The third-order valence-corrected chi connectivity index (χ3v) is 3.07. The van der Waals surface area contributed by atoms with Gasteiger partial charge in [0.2, 0.25) is 11.5 Å². The molecule has 0 aliphatic rings. The van der Waals surface area contributed by atoms with E-state index in [0.717, 1.165) is 5.56 Å². The van der Waals surface area contributed by atoms with Crippen molar-refractivity contribution in [3.05, 3.63) is 35.9 Å². The van der Waals surface area contributed by atoms with Gasteiger partial charge in [0.15, 0.2) is 11.5 Å². The molecular formula is C15H16O4. The molecule has 0 spiro atoms. The second-order valence-corrected chi connectivity index (χ2v) is 4.13. The maximum absolute atomic E-state index is 10.1. The maximum Gasteiger partial charge on any atom is 0.207 e. The number of phenolic OH excluding ortho intramolecular Hbond substituents is 2. The second-order valence-electron chi connectivity index (χ2n) is 4.13. The Kier molecular flexibility index (Phi) is 3.51. The van der Waals surface area contributed by atoms with E-state index in [2.05, 4.69) is 0 Å². The molecule has 4 heteroatoms. The van der Waals surface area contributed by atoms with Crippen LogP contribution >= 0.6 is 0 Å². The van der Waals surface area contributed by atoms with Crippen LogP contribution < -0.4 is 9.47 Å². The Morgan fingerprint density at radius 2 is 1.42 bits per heavy atom. The van der Waals surface area contributed by atoms with Gasteiger partial charge >= 0.3 is 0 Å². The first-order chi connectivity index (χ1) is 9.11. The molecule has 2 aromatic carbocycles. The Bertz CT molecular complexity index is 591. The summed E-state index contributed by atoms with van der Waals surface area (Å²) in [6.07, 6.45) is 0. The molecule has 2 aromatic rings. The summed E-state index contributed by atoms with van der Waals surface area (Å²) < 4.78 is 10.3. The van der Waals surface area contributed by atoms with Crippen LogP contribution in [0.25, 0.3) is 11.1 Å². The lowest BCUT2D eigenvalue weighted by Gasteiger charge is -2.18. The van der Waals surface area contributed by atoms with Gasteiger partial charge in [-0.2, -0.15) is 0 Å². The van der Waals surface area contributed by atoms with Gasteiger partial charge in [0, 0.05) is 11.1 Å². The van der Waals surface area contributed by atoms with E-state index < -0.39 is 0 Å². The molecule has 0 saturated heterocycles. The highest BCUT2D eigenvalue weighted by Gasteiger charge is 2.23. The predicted octanol–water partition coefficient (Wildman–Crippen LogP) is 3.09. The molecule has 0 bridgehead atoms. The zero-order chi connectivity index (χ0) is 14.0. The van der Waals surface area contributed by atoms with Crippen molar-refractivity contribution in [3.63, 3.8) is 0 Å². The first-order valence-corrected chi connectivity index (χ1v) is 5.83. The number of hydrogen-bond acceptors (Lipinski definition) is 4. The summed E-state index contributed by atoms with van der Waals surface area (Å²) in [5, 5.41) is 20.2. The van der Waals surface area contributed by atoms with Gasteiger partial charge < -0.3 is 19.7 Å². The topological polar surface area (TPSA) is 58.9 Å². The number of phenols is 2. The van der Waals surface area contributed by atoms with Crippen LogP contribution in [0.3, 0.4) is 0 Å². The summed E-state index contributed by atoms with van der Waals surface area (Å²) >= 11 is 0. The van der Waals surface area contributed by atoms with Crippen LogP contribution in [0.4, 0.5) is 0 Å². The van der Waals surface area contributed by atoms with E-state index in [1.807, 2.05) is 30.3 Å². The quantitative estimate of drug-likeness (QED) is 0.890. The Labute approximate surface area is 111 Å². The van der Waals surface area contributed by atoms with Crippen molar-refractivity contribution in [2.75, 3.05) is 14.2 Å². The fourth-order valence-corrected chi connectivity index (χ4v) is 2.14. The highest BCUT2D eigenvalue weighted by molar-refractivity contribution is 5.82. The van der Waals surface area contributed by atoms with Crippen LogP contribution in [0.1, 0.15) is 5.56 Å². The van der Waals surface area contributed by atoms with Gasteiger partial charge in [-0.25, -0.2) is 0 Å². The molecule has 0 atom stereocenters. The van der Waals surface area contributed by atoms with Crippen LogP contribution in [0.5, 0.6) is 23.0 Å². The summed E-state index contributed by atoms with van der Waals surface area (Å²) in [5.74, 6) is 0.0268. The van der Waals surface area contributed by atoms with E-state index >= 15 is 0 Å². The molecule has 4 nitrogen and oxygen atoms in total. The number of methoxy groups -OCH3 is 2. The molecule has 0 fully saturated rings. The number of benzene rings is 2. The third kappa shape index (κ3) is 2.05. The molecular weight excluding hydrogens is 244 g/mol. The Balaban J connectivity index is 2.81. The SMILES string of the molecule is COc1c(O)c(C)c(-c2ccccc2)c(OC)c1O. The summed E-state index contributed by atoms with van der Waals surface area (Å²) in [6.45, 7) is 1.75. The molecule has 0 amide bonds. The largest absolute Gasteiger partial charge is 0.504 e. The molecule has 19 heavy (non-hydrogen) atoms.